The average Bonchev–Trinajstić information content (AvgIpc) is 2.40. The van der Waals surface area contributed by atoms with Gasteiger partial charge < -0.3 is 4.74 Å². The lowest BCUT2D eigenvalue weighted by molar-refractivity contribution is -0.144. The smallest absolute Gasteiger partial charge is 0.426 e. The number of carbonyl (C=O) groups is 3. The third-order valence-electron chi connectivity index (χ3n) is 4.77. The summed E-state index contributed by atoms with van der Waals surface area (Å²) in [5.74, 6) is -0.458. The second-order valence-electron chi connectivity index (χ2n) is 5.81. The van der Waals surface area contributed by atoms with Crippen molar-refractivity contribution in [2.75, 3.05) is 6.61 Å². The van der Waals surface area contributed by atoms with Crippen molar-refractivity contribution in [1.29, 1.82) is 0 Å². The predicted molar refractivity (Wildman–Crippen MR) is 66.9 cm³/mol. The summed E-state index contributed by atoms with van der Waals surface area (Å²) in [5, 5.41) is 1.19. The van der Waals surface area contributed by atoms with Crippen molar-refractivity contribution in [2.24, 2.45) is 11.3 Å². The highest BCUT2D eigenvalue weighted by molar-refractivity contribution is 6.01. The summed E-state index contributed by atoms with van der Waals surface area (Å²) in [6, 6.07) is 0. The minimum Gasteiger partial charge on any atom is -0.449 e. The fourth-order valence-corrected chi connectivity index (χ4v) is 3.22. The van der Waals surface area contributed by atoms with E-state index in [-0.39, 0.29) is 24.2 Å². The molecule has 0 aromatic heterocycles. The van der Waals surface area contributed by atoms with Gasteiger partial charge in [0.15, 0.2) is 5.78 Å². The van der Waals surface area contributed by atoms with E-state index in [0.717, 1.165) is 0 Å². The van der Waals surface area contributed by atoms with E-state index in [1.807, 2.05) is 13.8 Å². The molecule has 2 rings (SSSR count). The number of hydrogen-bond acceptors (Lipinski definition) is 4. The van der Waals surface area contributed by atoms with Crippen molar-refractivity contribution in [3.8, 4) is 0 Å². The average molecular weight is 268 g/mol. The van der Waals surface area contributed by atoms with Crippen molar-refractivity contribution < 1.29 is 19.1 Å². The monoisotopic (exact) mass is 268 g/mol. The summed E-state index contributed by atoms with van der Waals surface area (Å²) in [5.41, 5.74) is 0.928. The van der Waals surface area contributed by atoms with Crippen molar-refractivity contribution in [3.63, 3.8) is 0 Å². The van der Waals surface area contributed by atoms with Gasteiger partial charge in [-0.15, -0.1) is 0 Å². The Kier molecular flexibility index (Phi) is 3.07. The molecule has 0 unspecified atom stereocenters. The van der Waals surface area contributed by atoms with Gasteiger partial charge in [0.05, 0.1) is 6.61 Å². The van der Waals surface area contributed by atoms with Crippen LogP contribution >= 0.6 is 0 Å². The Labute approximate surface area is 112 Å². The van der Waals surface area contributed by atoms with Gasteiger partial charge >= 0.3 is 6.09 Å². The van der Waals surface area contributed by atoms with E-state index < -0.39 is 17.0 Å². The number of nitrogens with zero attached hydrogens (tertiary/aromatic N) is 1. The van der Waals surface area contributed by atoms with Crippen LogP contribution in [0.5, 0.6) is 0 Å². The molecule has 0 aromatic rings. The zero-order valence-corrected chi connectivity index (χ0v) is 11.8. The fraction of sp³-hybridized carbons (Fsp3) is 0.769. The Morgan fingerprint density at radius 2 is 2.05 bits per heavy atom. The van der Waals surface area contributed by atoms with Crippen LogP contribution in [-0.4, -0.2) is 34.9 Å². The molecule has 0 radical (unpaired) electrons. The molecule has 1 heterocycles. The molecule has 0 aromatic carbocycles. The van der Waals surface area contributed by atoms with Crippen LogP contribution < -0.4 is 5.43 Å². The van der Waals surface area contributed by atoms with Crippen molar-refractivity contribution in [3.05, 3.63) is 0 Å². The van der Waals surface area contributed by atoms with Gasteiger partial charge in [0.1, 0.15) is 5.54 Å². The lowest BCUT2D eigenvalue weighted by atomic mass is 9.61. The first-order chi connectivity index (χ1) is 8.76. The number of nitrogens with one attached hydrogen (secondary N) is 1. The van der Waals surface area contributed by atoms with Gasteiger partial charge in [0.25, 0.3) is 0 Å². The number of carbonyl (C=O) groups excluding carboxylic acids is 3. The van der Waals surface area contributed by atoms with Gasteiger partial charge in [-0.25, -0.2) is 15.2 Å². The van der Waals surface area contributed by atoms with Gasteiger partial charge in [0, 0.05) is 17.8 Å². The van der Waals surface area contributed by atoms with E-state index in [9.17, 15) is 14.4 Å². The minimum absolute atomic E-state index is 0.0172. The number of ketones is 1. The van der Waals surface area contributed by atoms with Crippen LogP contribution in [-0.2, 0) is 14.3 Å². The Hall–Kier alpha value is -1.59. The molecule has 106 valence electrons. The van der Waals surface area contributed by atoms with Crippen LogP contribution in [0.3, 0.4) is 0 Å². The number of fused-ring (bicyclic) bond motifs is 2. The van der Waals surface area contributed by atoms with Gasteiger partial charge in [-0.2, -0.15) is 0 Å². The SMILES string of the molecule is CCOC(=O)NN1C(=O)[C@@H]2CCC(=O)[C@@]1(C)C2(C)C. The maximum atomic E-state index is 12.4. The van der Waals surface area contributed by atoms with Crippen molar-refractivity contribution in [1.82, 2.24) is 10.4 Å². The zero-order valence-electron chi connectivity index (χ0n) is 11.8. The third-order valence-corrected chi connectivity index (χ3v) is 4.77. The maximum absolute atomic E-state index is 12.4. The zero-order chi connectivity index (χ0) is 14.4. The van der Waals surface area contributed by atoms with E-state index in [0.29, 0.717) is 12.8 Å². The molecule has 1 saturated heterocycles. The largest absolute Gasteiger partial charge is 0.449 e. The Balaban J connectivity index is 2.36. The summed E-state index contributed by atoms with van der Waals surface area (Å²) in [4.78, 5) is 36.2. The molecule has 2 bridgehead atoms. The molecule has 6 nitrogen and oxygen atoms in total. The number of rotatable bonds is 2. The summed E-state index contributed by atoms with van der Waals surface area (Å²) >= 11 is 0. The lowest BCUT2D eigenvalue weighted by Crippen LogP contribution is -2.62. The summed E-state index contributed by atoms with van der Waals surface area (Å²) in [7, 11) is 0. The Bertz CT molecular complexity index is 446. The lowest BCUT2D eigenvalue weighted by Gasteiger charge is -2.44. The highest BCUT2D eigenvalue weighted by Crippen LogP contribution is 2.54. The molecule has 2 fully saturated rings. The topological polar surface area (TPSA) is 75.7 Å². The number of hydrogen-bond donors (Lipinski definition) is 1. The van der Waals surface area contributed by atoms with Crippen LogP contribution in [0.4, 0.5) is 4.79 Å². The molecule has 2 atom stereocenters. The predicted octanol–water partition coefficient (Wildman–Crippen LogP) is 1.25. The quantitative estimate of drug-likeness (QED) is 0.818. The van der Waals surface area contributed by atoms with Gasteiger partial charge in [-0.3, -0.25) is 9.59 Å². The maximum Gasteiger partial charge on any atom is 0.426 e. The highest BCUT2D eigenvalue weighted by Gasteiger charge is 2.67. The first-order valence-corrected chi connectivity index (χ1v) is 6.57. The molecular weight excluding hydrogens is 248 g/mol. The first-order valence-electron chi connectivity index (χ1n) is 6.57. The molecule has 0 spiro atoms. The standard InChI is InChI=1S/C13H20N2O4/c1-5-19-11(18)14-15-10(17)8-6-7-9(16)13(15,4)12(8,2)3/h8H,5-7H2,1-4H3,(H,14,18)/t8-,13-/m0/s1. The molecule has 6 heteroatoms. The van der Waals surface area contributed by atoms with E-state index in [4.69, 9.17) is 4.74 Å². The molecule has 2 amide bonds. The van der Waals surface area contributed by atoms with Crippen molar-refractivity contribution in [2.45, 2.75) is 46.1 Å². The second kappa shape index (κ2) is 4.21. The Morgan fingerprint density at radius 3 is 2.63 bits per heavy atom. The highest BCUT2D eigenvalue weighted by atomic mass is 16.6. The van der Waals surface area contributed by atoms with Crippen LogP contribution in [0.1, 0.15) is 40.5 Å². The normalized spacial score (nSPS) is 32.4. The van der Waals surface area contributed by atoms with E-state index >= 15 is 0 Å². The molecule has 19 heavy (non-hydrogen) atoms. The number of Topliss-reactive ketones (excluding diaryl/α,β-unsaturated/α-hetero) is 1. The van der Waals surface area contributed by atoms with Crippen LogP contribution in [0, 0.1) is 11.3 Å². The molecule has 1 N–H and O–H groups in total. The number of ether oxygens (including phenoxy) is 1. The van der Waals surface area contributed by atoms with Crippen LogP contribution in [0.2, 0.25) is 0 Å². The van der Waals surface area contributed by atoms with E-state index in [1.54, 1.807) is 13.8 Å². The summed E-state index contributed by atoms with van der Waals surface area (Å²) in [6.45, 7) is 7.42. The van der Waals surface area contributed by atoms with Gasteiger partial charge in [-0.05, 0) is 20.3 Å². The number of amides is 2. The van der Waals surface area contributed by atoms with Gasteiger partial charge in [0.2, 0.25) is 5.91 Å². The molecule has 1 aliphatic heterocycles. The summed E-state index contributed by atoms with van der Waals surface area (Å²) < 4.78 is 4.79. The first kappa shape index (κ1) is 13.8. The van der Waals surface area contributed by atoms with Gasteiger partial charge in [-0.1, -0.05) is 13.8 Å². The van der Waals surface area contributed by atoms with Crippen molar-refractivity contribution >= 4 is 17.8 Å². The Morgan fingerprint density at radius 1 is 1.42 bits per heavy atom. The molecule has 1 saturated carbocycles. The summed E-state index contributed by atoms with van der Waals surface area (Å²) in [6.07, 6.45) is 0.215. The molecular formula is C13H20N2O4. The van der Waals surface area contributed by atoms with Crippen LogP contribution in [0.15, 0.2) is 0 Å². The minimum atomic E-state index is -1.00. The van der Waals surface area contributed by atoms with E-state index in [1.165, 1.54) is 5.01 Å². The third kappa shape index (κ3) is 1.65. The molecule has 1 aliphatic carbocycles. The van der Waals surface area contributed by atoms with Crippen LogP contribution in [0.25, 0.3) is 0 Å². The van der Waals surface area contributed by atoms with E-state index in [2.05, 4.69) is 5.43 Å². The second-order valence-corrected chi connectivity index (χ2v) is 5.81. The number of hydrazine groups is 1. The fourth-order valence-electron chi connectivity index (χ4n) is 3.22. The molecule has 2 aliphatic rings.